The van der Waals surface area contributed by atoms with Crippen LogP contribution in [0.4, 0.5) is 8.78 Å². The maximum atomic E-state index is 14.1. The van der Waals surface area contributed by atoms with Gasteiger partial charge in [-0.3, -0.25) is 14.8 Å². The van der Waals surface area contributed by atoms with Gasteiger partial charge in [-0.15, -0.1) is 0 Å². The number of likely N-dealkylation sites (tertiary alicyclic amines) is 1. The molecule has 2 N–H and O–H groups in total. The highest BCUT2D eigenvalue weighted by atomic mass is 19.1. The van der Waals surface area contributed by atoms with Gasteiger partial charge >= 0.3 is 0 Å². The first-order valence-electron chi connectivity index (χ1n) is 12.5. The summed E-state index contributed by atoms with van der Waals surface area (Å²) in [4.78, 5) is 14.8. The molecule has 1 aromatic heterocycles. The Morgan fingerprint density at radius 3 is 2.92 bits per heavy atom. The van der Waals surface area contributed by atoms with Gasteiger partial charge in [0.25, 0.3) is 0 Å². The van der Waals surface area contributed by atoms with E-state index in [1.165, 1.54) is 18.2 Å². The van der Waals surface area contributed by atoms with Crippen LogP contribution in [0.2, 0.25) is 0 Å². The summed E-state index contributed by atoms with van der Waals surface area (Å²) < 4.78 is 33.7. The molecule has 0 bridgehead atoms. The average molecular weight is 505 g/mol. The molecule has 5 rings (SSSR count). The number of rotatable bonds is 6. The van der Waals surface area contributed by atoms with E-state index < -0.39 is 11.6 Å². The van der Waals surface area contributed by atoms with Crippen molar-refractivity contribution in [3.63, 3.8) is 0 Å². The number of piperidine rings is 1. The fraction of sp³-hybridized carbons (Fsp3) is 0.310. The second-order valence-electron chi connectivity index (χ2n) is 9.65. The molecule has 3 aromatic rings. The molecular weight excluding hydrogens is 474 g/mol. The van der Waals surface area contributed by atoms with E-state index in [1.54, 1.807) is 19.1 Å². The van der Waals surface area contributed by atoms with Gasteiger partial charge in [0.15, 0.2) is 0 Å². The fourth-order valence-corrected chi connectivity index (χ4v) is 4.90. The van der Waals surface area contributed by atoms with E-state index in [0.29, 0.717) is 18.7 Å². The molecule has 1 fully saturated rings. The number of aromatic nitrogens is 2. The Balaban J connectivity index is 1.23. The van der Waals surface area contributed by atoms with Gasteiger partial charge in [-0.2, -0.15) is 5.10 Å². The number of benzene rings is 2. The van der Waals surface area contributed by atoms with E-state index in [4.69, 9.17) is 4.74 Å². The van der Waals surface area contributed by atoms with Gasteiger partial charge in [-0.25, -0.2) is 8.78 Å². The van der Waals surface area contributed by atoms with E-state index in [2.05, 4.69) is 28.2 Å². The Bertz CT molecular complexity index is 1440. The van der Waals surface area contributed by atoms with Crippen LogP contribution in [-0.4, -0.2) is 46.7 Å². The molecule has 1 amide bonds. The Kier molecular flexibility index (Phi) is 7.19. The lowest BCUT2D eigenvalue weighted by Crippen LogP contribution is -2.47. The topological polar surface area (TPSA) is 70.2 Å². The third kappa shape index (κ3) is 5.49. The van der Waals surface area contributed by atoms with Crippen LogP contribution in [0, 0.1) is 11.6 Å². The van der Waals surface area contributed by atoms with Crippen molar-refractivity contribution in [3.8, 4) is 17.0 Å². The van der Waals surface area contributed by atoms with Gasteiger partial charge in [-0.05, 0) is 68.3 Å². The lowest BCUT2D eigenvalue weighted by molar-refractivity contribution is -0.118. The predicted octanol–water partition coefficient (Wildman–Crippen LogP) is 3.21. The van der Waals surface area contributed by atoms with Crippen molar-refractivity contribution < 1.29 is 18.3 Å². The molecule has 1 atom stereocenters. The lowest BCUT2D eigenvalue weighted by atomic mass is 10.0. The summed E-state index contributed by atoms with van der Waals surface area (Å²) in [6.07, 6.45) is 6.09. The number of ether oxygens (including phenoxy) is 1. The lowest BCUT2D eigenvalue weighted by Gasteiger charge is -2.33. The molecule has 192 valence electrons. The van der Waals surface area contributed by atoms with Crippen molar-refractivity contribution >= 4 is 18.6 Å². The van der Waals surface area contributed by atoms with Gasteiger partial charge in [0, 0.05) is 47.5 Å². The highest BCUT2D eigenvalue weighted by Crippen LogP contribution is 2.28. The summed E-state index contributed by atoms with van der Waals surface area (Å²) in [5.41, 5.74) is 3.52. The van der Waals surface area contributed by atoms with Crippen LogP contribution >= 0.6 is 0 Å². The number of H-pyrrole nitrogens is 1. The summed E-state index contributed by atoms with van der Waals surface area (Å²) in [6.45, 7) is 8.07. The molecule has 2 aliphatic rings. The highest BCUT2D eigenvalue weighted by Gasteiger charge is 2.23. The molecule has 3 heterocycles. The number of carbonyl (C=O) groups is 1. The van der Waals surface area contributed by atoms with Crippen LogP contribution in [0.5, 0.6) is 5.75 Å². The van der Waals surface area contributed by atoms with Crippen molar-refractivity contribution in [3.05, 3.63) is 81.4 Å². The SMILES string of the molecule is C=c1c(-c2ccc3c(c2)CCO3)n[nH]/c1=C/C=C(\C)C(=O)N[C@@H]1CCCN(Cc2c(F)cccc2F)C1. The zero-order valence-electron chi connectivity index (χ0n) is 20.8. The zero-order chi connectivity index (χ0) is 25.9. The minimum absolute atomic E-state index is 0.0660. The molecule has 0 spiro atoms. The molecule has 0 aliphatic carbocycles. The summed E-state index contributed by atoms with van der Waals surface area (Å²) in [6, 6.07) is 9.83. The third-order valence-electron chi connectivity index (χ3n) is 7.00. The first-order chi connectivity index (χ1) is 17.9. The summed E-state index contributed by atoms with van der Waals surface area (Å²) >= 11 is 0. The Morgan fingerprint density at radius 2 is 2.11 bits per heavy atom. The van der Waals surface area contributed by atoms with Crippen molar-refractivity contribution in [2.75, 3.05) is 19.7 Å². The largest absolute Gasteiger partial charge is 0.493 e. The number of fused-ring (bicyclic) bond motifs is 1. The van der Waals surface area contributed by atoms with Crippen molar-refractivity contribution in [2.45, 2.75) is 38.8 Å². The van der Waals surface area contributed by atoms with Crippen molar-refractivity contribution in [2.24, 2.45) is 0 Å². The zero-order valence-corrected chi connectivity index (χ0v) is 20.8. The van der Waals surface area contributed by atoms with E-state index in [0.717, 1.165) is 58.9 Å². The second kappa shape index (κ2) is 10.7. The molecule has 2 aromatic carbocycles. The van der Waals surface area contributed by atoms with Crippen LogP contribution in [0.3, 0.4) is 0 Å². The molecule has 37 heavy (non-hydrogen) atoms. The quantitative estimate of drug-likeness (QED) is 0.506. The number of halogens is 2. The summed E-state index contributed by atoms with van der Waals surface area (Å²) in [5.74, 6) is -0.347. The third-order valence-corrected chi connectivity index (χ3v) is 7.00. The molecule has 0 saturated carbocycles. The monoisotopic (exact) mass is 504 g/mol. The first-order valence-corrected chi connectivity index (χ1v) is 12.5. The standard InChI is InChI=1S/C29H30F2N4O2/c1-18(8-10-26-19(2)28(34-33-26)21-9-11-27-20(15-21)12-14-37-27)29(36)32-22-5-4-13-35(16-22)17-23-24(30)6-3-7-25(23)31/h3,6-11,15,22,33H,2,4-5,12-14,16-17H2,1H3,(H,32,36)/b18-8+,26-10+/t22-/m1/s1. The minimum Gasteiger partial charge on any atom is -0.493 e. The number of nitrogens with one attached hydrogen (secondary N) is 2. The van der Waals surface area contributed by atoms with Crippen LogP contribution in [0.15, 0.2) is 48.0 Å². The van der Waals surface area contributed by atoms with Crippen molar-refractivity contribution in [1.82, 2.24) is 20.4 Å². The number of allylic oxidation sites excluding steroid dienone is 1. The number of aromatic amines is 1. The first kappa shape index (κ1) is 24.9. The smallest absolute Gasteiger partial charge is 0.247 e. The average Bonchev–Trinajstić information content (AvgIpc) is 3.51. The molecule has 8 heteroatoms. The second-order valence-corrected chi connectivity index (χ2v) is 9.65. The van der Waals surface area contributed by atoms with Gasteiger partial charge in [0.1, 0.15) is 17.4 Å². The van der Waals surface area contributed by atoms with Crippen LogP contribution in [-0.2, 0) is 17.8 Å². The molecule has 1 saturated heterocycles. The van der Waals surface area contributed by atoms with Gasteiger partial charge in [0.05, 0.1) is 17.6 Å². The van der Waals surface area contributed by atoms with Crippen LogP contribution in [0.25, 0.3) is 23.9 Å². The Hall–Kier alpha value is -3.78. The van der Waals surface area contributed by atoms with Crippen molar-refractivity contribution in [1.29, 1.82) is 0 Å². The fourth-order valence-electron chi connectivity index (χ4n) is 4.90. The maximum absolute atomic E-state index is 14.1. The number of carbonyl (C=O) groups excluding carboxylic acids is 1. The van der Waals surface area contributed by atoms with E-state index in [-0.39, 0.29) is 24.1 Å². The molecule has 2 aliphatic heterocycles. The molecular formula is C29H30F2N4O2. The number of amides is 1. The number of hydrogen-bond donors (Lipinski definition) is 2. The normalized spacial score (nSPS) is 18.5. The van der Waals surface area contributed by atoms with Gasteiger partial charge < -0.3 is 10.1 Å². The van der Waals surface area contributed by atoms with Crippen LogP contribution < -0.4 is 20.6 Å². The van der Waals surface area contributed by atoms with Gasteiger partial charge in [0.2, 0.25) is 5.91 Å². The van der Waals surface area contributed by atoms with Crippen LogP contribution in [0.1, 0.15) is 30.9 Å². The van der Waals surface area contributed by atoms with Gasteiger partial charge in [-0.1, -0.05) is 18.7 Å². The molecule has 0 radical (unpaired) electrons. The molecule has 0 unspecified atom stereocenters. The van der Waals surface area contributed by atoms with E-state index in [9.17, 15) is 13.6 Å². The maximum Gasteiger partial charge on any atom is 0.247 e. The highest BCUT2D eigenvalue weighted by molar-refractivity contribution is 5.94. The Morgan fingerprint density at radius 1 is 1.30 bits per heavy atom. The van der Waals surface area contributed by atoms with E-state index in [1.807, 2.05) is 17.0 Å². The Labute approximate surface area is 214 Å². The number of hydrogen-bond acceptors (Lipinski definition) is 4. The number of nitrogens with zero attached hydrogens (tertiary/aromatic N) is 2. The predicted molar refractivity (Wildman–Crippen MR) is 139 cm³/mol. The van der Waals surface area contributed by atoms with E-state index >= 15 is 0 Å². The minimum atomic E-state index is -0.544. The molecule has 6 nitrogen and oxygen atoms in total. The summed E-state index contributed by atoms with van der Waals surface area (Å²) in [5, 5.41) is 12.0. The summed E-state index contributed by atoms with van der Waals surface area (Å²) in [7, 11) is 0.